The molecule has 1 aliphatic rings. The van der Waals surface area contributed by atoms with Gasteiger partial charge in [-0.2, -0.15) is 0 Å². The topological polar surface area (TPSA) is 0 Å². The lowest BCUT2D eigenvalue weighted by Crippen LogP contribution is -2.55. The molecule has 0 radical (unpaired) electrons. The predicted octanol–water partition coefficient (Wildman–Crippen LogP) is 4.74. The van der Waals surface area contributed by atoms with Crippen LogP contribution in [0, 0.1) is 28.1 Å². The first-order valence-corrected chi connectivity index (χ1v) is 5.98. The van der Waals surface area contributed by atoms with Crippen LogP contribution in [0.5, 0.6) is 0 Å². The molecule has 0 amide bonds. The second-order valence-corrected chi connectivity index (χ2v) is 7.79. The Labute approximate surface area is 90.5 Å². The highest BCUT2D eigenvalue weighted by Gasteiger charge is 2.56. The highest BCUT2D eigenvalue weighted by atomic mass is 14.6. The molecule has 0 spiro atoms. The maximum absolute atomic E-state index is 2.44. The van der Waals surface area contributed by atoms with Crippen LogP contribution >= 0.6 is 0 Å². The summed E-state index contributed by atoms with van der Waals surface area (Å²) in [7, 11) is 0. The van der Waals surface area contributed by atoms with Crippen LogP contribution in [0.15, 0.2) is 0 Å². The van der Waals surface area contributed by atoms with Crippen molar-refractivity contribution in [1.82, 2.24) is 0 Å². The molecule has 1 atom stereocenters. The first-order chi connectivity index (χ1) is 5.98. The minimum atomic E-state index is 0.444. The molecule has 14 heavy (non-hydrogen) atoms. The molecule has 1 unspecified atom stereocenters. The van der Waals surface area contributed by atoms with Gasteiger partial charge in [-0.3, -0.25) is 0 Å². The van der Waals surface area contributed by atoms with Gasteiger partial charge in [0.25, 0.3) is 0 Å². The van der Waals surface area contributed by atoms with Crippen molar-refractivity contribution in [2.75, 3.05) is 0 Å². The van der Waals surface area contributed by atoms with Crippen molar-refractivity contribution in [2.24, 2.45) is 28.1 Å². The second-order valence-electron chi connectivity index (χ2n) is 7.79. The maximum Gasteiger partial charge on any atom is -0.0280 e. The van der Waals surface area contributed by atoms with Gasteiger partial charge >= 0.3 is 0 Å². The van der Waals surface area contributed by atoms with Gasteiger partial charge < -0.3 is 0 Å². The molecule has 1 aliphatic carbocycles. The Bertz CT molecular complexity index is 201. The van der Waals surface area contributed by atoms with E-state index in [2.05, 4.69) is 55.4 Å². The van der Waals surface area contributed by atoms with Gasteiger partial charge in [0.2, 0.25) is 0 Å². The Morgan fingerprint density at radius 3 is 1.50 bits per heavy atom. The van der Waals surface area contributed by atoms with Gasteiger partial charge in [-0.25, -0.2) is 0 Å². The first kappa shape index (κ1) is 12.1. The molecule has 0 aromatic heterocycles. The normalized spacial score (nSPS) is 28.3. The SMILES string of the molecule is CC(C1C(C)(C)CC1(C)C)C(C)(C)C. The van der Waals surface area contributed by atoms with Crippen LogP contribution in [0.25, 0.3) is 0 Å². The minimum Gasteiger partial charge on any atom is -0.0617 e. The summed E-state index contributed by atoms with van der Waals surface area (Å²) in [4.78, 5) is 0. The molecular formula is C14H28. The molecule has 0 aromatic carbocycles. The third-order valence-corrected chi connectivity index (χ3v) is 4.46. The van der Waals surface area contributed by atoms with Crippen molar-refractivity contribution < 1.29 is 0 Å². The third-order valence-electron chi connectivity index (χ3n) is 4.46. The van der Waals surface area contributed by atoms with Gasteiger partial charge in [0, 0.05) is 0 Å². The van der Waals surface area contributed by atoms with E-state index in [4.69, 9.17) is 0 Å². The Balaban J connectivity index is 2.86. The minimum absolute atomic E-state index is 0.444. The monoisotopic (exact) mass is 196 g/mol. The van der Waals surface area contributed by atoms with Gasteiger partial charge in [-0.05, 0) is 34.5 Å². The number of hydrogen-bond donors (Lipinski definition) is 0. The number of hydrogen-bond acceptors (Lipinski definition) is 0. The summed E-state index contributed by atoms with van der Waals surface area (Å²) in [5.41, 5.74) is 1.55. The summed E-state index contributed by atoms with van der Waals surface area (Å²) in [6.07, 6.45) is 1.38. The summed E-state index contributed by atoms with van der Waals surface area (Å²) in [5.74, 6) is 1.68. The van der Waals surface area contributed by atoms with Crippen molar-refractivity contribution in [3.8, 4) is 0 Å². The maximum atomic E-state index is 2.44. The molecule has 1 saturated carbocycles. The molecule has 0 saturated heterocycles. The van der Waals surface area contributed by atoms with Crippen molar-refractivity contribution >= 4 is 0 Å². The van der Waals surface area contributed by atoms with Crippen LogP contribution in [0.1, 0.15) is 61.8 Å². The molecule has 0 heteroatoms. The van der Waals surface area contributed by atoms with Crippen LogP contribution in [0.4, 0.5) is 0 Å². The van der Waals surface area contributed by atoms with Gasteiger partial charge in [-0.1, -0.05) is 55.4 Å². The largest absolute Gasteiger partial charge is 0.0617 e. The lowest BCUT2D eigenvalue weighted by Gasteiger charge is -2.62. The fraction of sp³-hybridized carbons (Fsp3) is 1.00. The van der Waals surface area contributed by atoms with Gasteiger partial charge in [-0.15, -0.1) is 0 Å². The van der Waals surface area contributed by atoms with E-state index in [0.29, 0.717) is 16.2 Å². The fourth-order valence-corrected chi connectivity index (χ4v) is 4.17. The van der Waals surface area contributed by atoms with E-state index in [9.17, 15) is 0 Å². The molecule has 0 aromatic rings. The zero-order valence-electron chi connectivity index (χ0n) is 11.4. The quantitative estimate of drug-likeness (QED) is 0.568. The molecule has 0 N–H and O–H groups in total. The highest BCUT2D eigenvalue weighted by Crippen LogP contribution is 2.63. The number of rotatable bonds is 1. The predicted molar refractivity (Wildman–Crippen MR) is 64.3 cm³/mol. The molecular weight excluding hydrogens is 168 g/mol. The van der Waals surface area contributed by atoms with Gasteiger partial charge in [0.05, 0.1) is 0 Å². The van der Waals surface area contributed by atoms with E-state index >= 15 is 0 Å². The van der Waals surface area contributed by atoms with Crippen LogP contribution in [0.2, 0.25) is 0 Å². The van der Waals surface area contributed by atoms with E-state index in [1.54, 1.807) is 0 Å². The van der Waals surface area contributed by atoms with E-state index in [1.807, 2.05) is 0 Å². The Kier molecular flexibility index (Phi) is 2.58. The first-order valence-electron chi connectivity index (χ1n) is 5.98. The summed E-state index contributed by atoms with van der Waals surface area (Å²) in [5, 5.41) is 0. The van der Waals surface area contributed by atoms with Crippen molar-refractivity contribution in [2.45, 2.75) is 61.8 Å². The smallest absolute Gasteiger partial charge is 0.0280 e. The molecule has 0 aliphatic heterocycles. The standard InChI is InChI=1S/C14H28/c1-10(12(2,3)4)11-13(5,6)9-14(11,7)8/h10-11H,9H2,1-8H3. The molecule has 0 bridgehead atoms. The Morgan fingerprint density at radius 1 is 1.00 bits per heavy atom. The summed E-state index contributed by atoms with van der Waals surface area (Å²) in [6, 6.07) is 0. The van der Waals surface area contributed by atoms with Crippen LogP contribution in [-0.4, -0.2) is 0 Å². The summed E-state index contributed by atoms with van der Waals surface area (Å²) < 4.78 is 0. The molecule has 0 heterocycles. The van der Waals surface area contributed by atoms with Crippen LogP contribution < -0.4 is 0 Å². The molecule has 1 rings (SSSR count). The molecule has 84 valence electrons. The lowest BCUT2D eigenvalue weighted by molar-refractivity contribution is -0.134. The van der Waals surface area contributed by atoms with Gasteiger partial charge in [0.1, 0.15) is 0 Å². The van der Waals surface area contributed by atoms with Crippen LogP contribution in [0.3, 0.4) is 0 Å². The third kappa shape index (κ3) is 1.85. The second kappa shape index (κ2) is 3.00. The Morgan fingerprint density at radius 2 is 1.36 bits per heavy atom. The zero-order chi connectivity index (χ0) is 11.4. The van der Waals surface area contributed by atoms with E-state index in [-0.39, 0.29) is 0 Å². The molecule has 0 nitrogen and oxygen atoms in total. The van der Waals surface area contributed by atoms with Crippen molar-refractivity contribution in [3.05, 3.63) is 0 Å². The average Bonchev–Trinajstić information content (AvgIpc) is 1.78. The highest BCUT2D eigenvalue weighted by molar-refractivity contribution is 5.05. The average molecular weight is 196 g/mol. The zero-order valence-corrected chi connectivity index (χ0v) is 11.4. The summed E-state index contributed by atoms with van der Waals surface area (Å²) in [6.45, 7) is 19.3. The Hall–Kier alpha value is 0. The van der Waals surface area contributed by atoms with E-state index in [1.165, 1.54) is 6.42 Å². The lowest BCUT2D eigenvalue weighted by atomic mass is 9.43. The van der Waals surface area contributed by atoms with E-state index in [0.717, 1.165) is 11.8 Å². The van der Waals surface area contributed by atoms with E-state index < -0.39 is 0 Å². The molecule has 1 fully saturated rings. The summed E-state index contributed by atoms with van der Waals surface area (Å²) >= 11 is 0. The fourth-order valence-electron chi connectivity index (χ4n) is 4.17. The van der Waals surface area contributed by atoms with Gasteiger partial charge in [0.15, 0.2) is 0 Å². The van der Waals surface area contributed by atoms with Crippen molar-refractivity contribution in [1.29, 1.82) is 0 Å². The van der Waals surface area contributed by atoms with Crippen LogP contribution in [-0.2, 0) is 0 Å². The van der Waals surface area contributed by atoms with Crippen molar-refractivity contribution in [3.63, 3.8) is 0 Å².